The minimum absolute atomic E-state index is 0.0412. The smallest absolute Gasteiger partial charge is 0.168 e. The molecule has 0 saturated carbocycles. The fourth-order valence-electron chi connectivity index (χ4n) is 4.69. The van der Waals surface area contributed by atoms with Crippen molar-refractivity contribution in [2.45, 2.75) is 0 Å². The predicted molar refractivity (Wildman–Crippen MR) is 137 cm³/mol. The Morgan fingerprint density at radius 1 is 0.576 bits per heavy atom. The van der Waals surface area contributed by atoms with Crippen molar-refractivity contribution in [2.24, 2.45) is 0 Å². The summed E-state index contributed by atoms with van der Waals surface area (Å²) < 4.78 is 43.3. The lowest BCUT2D eigenvalue weighted by Gasteiger charge is -2.12. The molecular formula is C30H19N3. The monoisotopic (exact) mass is 426 g/mol. The van der Waals surface area contributed by atoms with Crippen LogP contribution in [0.4, 0.5) is 0 Å². The summed E-state index contributed by atoms with van der Waals surface area (Å²) in [7, 11) is 0. The fraction of sp³-hybridized carbons (Fsp3) is 0. The highest BCUT2D eigenvalue weighted by Gasteiger charge is 2.18. The van der Waals surface area contributed by atoms with Gasteiger partial charge in [-0.05, 0) is 29.0 Å². The number of fused-ring (bicyclic) bond motifs is 5. The number of benzene rings is 5. The summed E-state index contributed by atoms with van der Waals surface area (Å²) in [5.74, 6) is 0.609. The van der Waals surface area contributed by atoms with E-state index in [2.05, 4.69) is 51.2 Å². The van der Waals surface area contributed by atoms with Gasteiger partial charge in [-0.25, -0.2) is 0 Å². The van der Waals surface area contributed by atoms with Gasteiger partial charge in [-0.1, -0.05) is 96.9 Å². The molecule has 2 heterocycles. The second-order valence-electron chi connectivity index (χ2n) is 7.99. The maximum atomic E-state index is 8.49. The van der Waals surface area contributed by atoms with E-state index in [1.807, 2.05) is 48.5 Å². The van der Waals surface area contributed by atoms with Crippen molar-refractivity contribution in [3.63, 3.8) is 0 Å². The van der Waals surface area contributed by atoms with Crippen LogP contribution in [-0.4, -0.2) is 14.8 Å². The van der Waals surface area contributed by atoms with E-state index < -0.39 is 18.1 Å². The van der Waals surface area contributed by atoms with Crippen molar-refractivity contribution in [3.8, 4) is 17.1 Å². The molecule has 5 aromatic carbocycles. The average Bonchev–Trinajstić information content (AvgIpc) is 3.27. The molecule has 3 nitrogen and oxygen atoms in total. The van der Waals surface area contributed by atoms with Crippen LogP contribution in [0.2, 0.25) is 0 Å². The van der Waals surface area contributed by atoms with Gasteiger partial charge in [-0.2, -0.15) is 0 Å². The number of hydrogen-bond donors (Lipinski definition) is 0. The number of nitrogens with zero attached hydrogens (tertiary/aromatic N) is 3. The van der Waals surface area contributed by atoms with Crippen LogP contribution in [0.3, 0.4) is 0 Å². The fourth-order valence-corrected chi connectivity index (χ4v) is 4.69. The molecule has 3 heteroatoms. The van der Waals surface area contributed by atoms with Crippen LogP contribution in [0.5, 0.6) is 0 Å². The molecule has 0 aliphatic heterocycles. The maximum Gasteiger partial charge on any atom is 0.168 e. The van der Waals surface area contributed by atoms with Crippen molar-refractivity contribution in [2.75, 3.05) is 0 Å². The molecule has 0 N–H and O–H groups in total. The second-order valence-corrected chi connectivity index (χ2v) is 7.99. The van der Waals surface area contributed by atoms with E-state index in [1.54, 1.807) is 0 Å². The normalized spacial score (nSPS) is 13.8. The van der Waals surface area contributed by atoms with Crippen LogP contribution in [0.15, 0.2) is 115 Å². The highest BCUT2D eigenvalue weighted by atomic mass is 15.2. The summed E-state index contributed by atoms with van der Waals surface area (Å²) in [6.07, 6.45) is 0. The van der Waals surface area contributed by atoms with Crippen molar-refractivity contribution in [1.82, 2.24) is 14.8 Å². The largest absolute Gasteiger partial charge is 0.292 e. The molecule has 0 aliphatic rings. The second kappa shape index (κ2) is 7.01. The van der Waals surface area contributed by atoms with Crippen LogP contribution in [0.1, 0.15) is 6.85 Å². The highest BCUT2D eigenvalue weighted by molar-refractivity contribution is 6.14. The van der Waals surface area contributed by atoms with Crippen LogP contribution < -0.4 is 0 Å². The number of rotatable bonds is 2. The SMILES string of the molecule is [2H]c1c([2H])c([2H])c(-c2nnc(-n3c4ccccc4c4cc5ccccc5cc43)c3ccccc23)c([2H])c1[2H]. The Kier molecular flexibility index (Phi) is 2.93. The van der Waals surface area contributed by atoms with Crippen molar-refractivity contribution >= 4 is 43.4 Å². The van der Waals surface area contributed by atoms with E-state index in [0.29, 0.717) is 11.2 Å². The van der Waals surface area contributed by atoms with Gasteiger partial charge in [0.2, 0.25) is 0 Å². The third-order valence-corrected chi connectivity index (χ3v) is 6.16. The van der Waals surface area contributed by atoms with E-state index in [-0.39, 0.29) is 23.3 Å². The van der Waals surface area contributed by atoms with E-state index in [1.165, 1.54) is 0 Å². The molecule has 0 radical (unpaired) electrons. The lowest BCUT2D eigenvalue weighted by Crippen LogP contribution is -2.02. The molecule has 0 saturated heterocycles. The van der Waals surface area contributed by atoms with E-state index in [9.17, 15) is 0 Å². The number of aromatic nitrogens is 3. The van der Waals surface area contributed by atoms with Crippen LogP contribution >= 0.6 is 0 Å². The van der Waals surface area contributed by atoms with Crippen LogP contribution in [-0.2, 0) is 0 Å². The quantitative estimate of drug-likeness (QED) is 0.286. The lowest BCUT2D eigenvalue weighted by atomic mass is 10.0. The average molecular weight is 427 g/mol. The summed E-state index contributed by atoms with van der Waals surface area (Å²) >= 11 is 0. The first-order chi connectivity index (χ1) is 18.5. The molecule has 0 atom stereocenters. The first-order valence-electron chi connectivity index (χ1n) is 13.2. The van der Waals surface area contributed by atoms with Gasteiger partial charge in [-0.3, -0.25) is 4.57 Å². The first kappa shape index (κ1) is 13.8. The van der Waals surface area contributed by atoms with Gasteiger partial charge in [0.05, 0.1) is 17.9 Å². The maximum absolute atomic E-state index is 8.49. The summed E-state index contributed by atoms with van der Waals surface area (Å²) in [6.45, 7) is 0. The molecule has 7 rings (SSSR count). The van der Waals surface area contributed by atoms with Gasteiger partial charge >= 0.3 is 0 Å². The number of hydrogen-bond acceptors (Lipinski definition) is 2. The Labute approximate surface area is 197 Å². The molecule has 154 valence electrons. The summed E-state index contributed by atoms with van der Waals surface area (Å²) in [5, 5.41) is 15.0. The Bertz CT molecular complexity index is 2070. The van der Waals surface area contributed by atoms with Gasteiger partial charge < -0.3 is 0 Å². The molecule has 0 amide bonds. The summed E-state index contributed by atoms with van der Waals surface area (Å²) in [4.78, 5) is 0. The predicted octanol–water partition coefficient (Wildman–Crippen LogP) is 7.55. The Morgan fingerprint density at radius 2 is 1.24 bits per heavy atom. The zero-order valence-electron chi connectivity index (χ0n) is 22.4. The molecule has 0 fully saturated rings. The number of para-hydroxylation sites is 1. The molecule has 7 aromatic rings. The summed E-state index contributed by atoms with van der Waals surface area (Å²) in [6, 6.07) is 26.5. The van der Waals surface area contributed by atoms with Crippen molar-refractivity contribution in [3.05, 3.63) is 115 Å². The minimum Gasteiger partial charge on any atom is -0.292 e. The topological polar surface area (TPSA) is 30.7 Å². The third-order valence-electron chi connectivity index (χ3n) is 6.16. The van der Waals surface area contributed by atoms with Gasteiger partial charge in [0.15, 0.2) is 5.82 Å². The van der Waals surface area contributed by atoms with Gasteiger partial charge in [0, 0.05) is 27.1 Å². The Balaban J connectivity index is 1.60. The molecule has 0 aliphatic carbocycles. The zero-order chi connectivity index (χ0) is 26.1. The van der Waals surface area contributed by atoms with E-state index >= 15 is 0 Å². The molecule has 33 heavy (non-hydrogen) atoms. The van der Waals surface area contributed by atoms with Crippen LogP contribution in [0.25, 0.3) is 60.4 Å². The van der Waals surface area contributed by atoms with Crippen molar-refractivity contribution < 1.29 is 6.85 Å². The van der Waals surface area contributed by atoms with Gasteiger partial charge in [0.25, 0.3) is 0 Å². The minimum atomic E-state index is -0.435. The molecule has 0 unspecified atom stereocenters. The first-order valence-corrected chi connectivity index (χ1v) is 10.7. The standard InChI is InChI=1S/C30H19N3/c1-2-10-20(11-3-1)29-24-15-6-7-16-25(24)30(32-31-29)33-27-17-9-8-14-23(27)26-18-21-12-4-5-13-22(21)19-28(26)33/h1-19H/i1D,2D,3D,10D,11D. The zero-order valence-corrected chi connectivity index (χ0v) is 17.4. The Hall–Kier alpha value is -4.50. The van der Waals surface area contributed by atoms with Gasteiger partial charge in [-0.15, -0.1) is 10.2 Å². The van der Waals surface area contributed by atoms with E-state index in [4.69, 9.17) is 6.85 Å². The highest BCUT2D eigenvalue weighted by Crippen LogP contribution is 2.37. The van der Waals surface area contributed by atoms with Gasteiger partial charge in [0.1, 0.15) is 5.69 Å². The summed E-state index contributed by atoms with van der Waals surface area (Å²) in [5.41, 5.74) is 2.26. The van der Waals surface area contributed by atoms with Crippen LogP contribution in [0, 0.1) is 0 Å². The molecule has 2 aromatic heterocycles. The Morgan fingerprint density at radius 3 is 2.06 bits per heavy atom. The third kappa shape index (κ3) is 2.69. The molecular weight excluding hydrogens is 402 g/mol. The van der Waals surface area contributed by atoms with E-state index in [0.717, 1.165) is 38.0 Å². The lowest BCUT2D eigenvalue weighted by molar-refractivity contribution is 0.977. The molecule has 0 spiro atoms. The van der Waals surface area contributed by atoms with Crippen molar-refractivity contribution in [1.29, 1.82) is 0 Å². The molecule has 0 bridgehead atoms.